The molecule has 0 N–H and O–H groups in total. The minimum atomic E-state index is 0.570. The summed E-state index contributed by atoms with van der Waals surface area (Å²) in [6, 6.07) is 64.0. The number of hydrogen-bond acceptors (Lipinski definition) is 6. The summed E-state index contributed by atoms with van der Waals surface area (Å²) >= 11 is 1.78. The Morgan fingerprint density at radius 1 is 0.365 bits per heavy atom. The smallest absolute Gasteiger partial charge is 0.238 e. The summed E-state index contributed by atoms with van der Waals surface area (Å²) in [6.45, 7) is 0. The van der Waals surface area contributed by atoms with Gasteiger partial charge in [-0.15, -0.1) is 11.3 Å². The molecule has 0 radical (unpaired) electrons. The average molecular weight is 824 g/mol. The van der Waals surface area contributed by atoms with Crippen LogP contribution in [0.3, 0.4) is 0 Å². The third-order valence-electron chi connectivity index (χ3n) is 12.1. The molecule has 294 valence electrons. The largest absolute Gasteiger partial charge is 0.308 e. The highest BCUT2D eigenvalue weighted by Gasteiger charge is 2.20. The van der Waals surface area contributed by atoms with Gasteiger partial charge in [0.2, 0.25) is 5.95 Å². The van der Waals surface area contributed by atoms with Crippen LogP contribution < -0.4 is 0 Å². The van der Waals surface area contributed by atoms with E-state index < -0.39 is 0 Å². The van der Waals surface area contributed by atoms with Crippen molar-refractivity contribution in [3.63, 3.8) is 0 Å². The molecule has 0 bridgehead atoms. The average Bonchev–Trinajstić information content (AvgIpc) is 4.01. The zero-order valence-electron chi connectivity index (χ0n) is 33.6. The highest BCUT2D eigenvalue weighted by Crippen LogP contribution is 2.40. The summed E-state index contributed by atoms with van der Waals surface area (Å²) in [7, 11) is 0. The molecule has 0 saturated carbocycles. The fourth-order valence-electron chi connectivity index (χ4n) is 9.18. The first-order chi connectivity index (χ1) is 31.2. The molecule has 7 aromatic carbocycles. The molecule has 0 atom stereocenters. The highest BCUT2D eigenvalue weighted by atomic mass is 32.1. The predicted molar refractivity (Wildman–Crippen MR) is 259 cm³/mol. The lowest BCUT2D eigenvalue weighted by atomic mass is 10.0. The predicted octanol–water partition coefficient (Wildman–Crippen LogP) is 13.9. The fraction of sp³-hybridized carbons (Fsp3) is 0. The number of hydrogen-bond donors (Lipinski definition) is 0. The highest BCUT2D eigenvalue weighted by molar-refractivity contribution is 7.25. The van der Waals surface area contributed by atoms with E-state index in [1.165, 1.54) is 25.6 Å². The number of nitrogens with zero attached hydrogens (tertiary/aromatic N) is 7. The van der Waals surface area contributed by atoms with E-state index in [0.29, 0.717) is 17.6 Å². The minimum Gasteiger partial charge on any atom is -0.308 e. The van der Waals surface area contributed by atoms with E-state index in [1.54, 1.807) is 11.3 Å². The maximum Gasteiger partial charge on any atom is 0.238 e. The molecule has 8 heteroatoms. The molecule has 0 fully saturated rings. The van der Waals surface area contributed by atoms with Gasteiger partial charge in [-0.2, -0.15) is 9.97 Å². The minimum absolute atomic E-state index is 0.570. The quantitative estimate of drug-likeness (QED) is 0.167. The van der Waals surface area contributed by atoms with Crippen LogP contribution in [0.5, 0.6) is 0 Å². The summed E-state index contributed by atoms with van der Waals surface area (Å²) < 4.78 is 6.95. The summed E-state index contributed by atoms with van der Waals surface area (Å²) in [5, 5.41) is 5.79. The van der Waals surface area contributed by atoms with Crippen LogP contribution in [0.15, 0.2) is 201 Å². The first-order valence-corrected chi connectivity index (χ1v) is 21.7. The van der Waals surface area contributed by atoms with Crippen molar-refractivity contribution in [2.24, 2.45) is 0 Å². The van der Waals surface area contributed by atoms with Gasteiger partial charge in [0, 0.05) is 60.7 Å². The van der Waals surface area contributed by atoms with Crippen molar-refractivity contribution in [3.8, 4) is 56.7 Å². The molecule has 0 amide bonds. The Hall–Kier alpha value is -8.33. The molecule has 0 unspecified atom stereocenters. The van der Waals surface area contributed by atoms with Crippen LogP contribution in [0.2, 0.25) is 0 Å². The van der Waals surface area contributed by atoms with Crippen molar-refractivity contribution in [1.29, 1.82) is 0 Å². The van der Waals surface area contributed by atoms with Crippen molar-refractivity contribution < 1.29 is 0 Å². The molecule has 0 aliphatic rings. The van der Waals surface area contributed by atoms with Crippen molar-refractivity contribution in [2.75, 3.05) is 0 Å². The summed E-state index contributed by atoms with van der Waals surface area (Å²) in [5.74, 6) is 1.82. The summed E-state index contributed by atoms with van der Waals surface area (Å²) in [6.07, 6.45) is 5.79. The molecular formula is C55H33N7S. The summed E-state index contributed by atoms with van der Waals surface area (Å²) in [4.78, 5) is 24.8. The summed E-state index contributed by atoms with van der Waals surface area (Å²) in [5.41, 5.74) is 12.6. The van der Waals surface area contributed by atoms with Gasteiger partial charge in [-0.3, -0.25) is 14.5 Å². The Bertz CT molecular complexity index is 3870. The number of benzene rings is 7. The topological polar surface area (TPSA) is 74.3 Å². The van der Waals surface area contributed by atoms with Crippen LogP contribution in [-0.2, 0) is 0 Å². The first kappa shape index (κ1) is 35.4. The second kappa shape index (κ2) is 14.1. The van der Waals surface area contributed by atoms with Gasteiger partial charge in [0.1, 0.15) is 0 Å². The monoisotopic (exact) mass is 823 g/mol. The van der Waals surface area contributed by atoms with Crippen LogP contribution in [0.25, 0.3) is 121 Å². The lowest BCUT2D eigenvalue weighted by Crippen LogP contribution is -2.06. The van der Waals surface area contributed by atoms with E-state index in [4.69, 9.17) is 24.9 Å². The number of fused-ring (bicyclic) bond motifs is 9. The lowest BCUT2D eigenvalue weighted by molar-refractivity contribution is 0.953. The molecule has 0 spiro atoms. The Morgan fingerprint density at radius 3 is 1.75 bits per heavy atom. The van der Waals surface area contributed by atoms with Crippen molar-refractivity contribution in [1.82, 2.24) is 34.1 Å². The van der Waals surface area contributed by atoms with E-state index in [2.05, 4.69) is 124 Å². The number of thiophene rings is 1. The van der Waals surface area contributed by atoms with Gasteiger partial charge < -0.3 is 4.57 Å². The lowest BCUT2D eigenvalue weighted by Gasteiger charge is -2.12. The normalized spacial score (nSPS) is 11.8. The van der Waals surface area contributed by atoms with Gasteiger partial charge in [-0.25, -0.2) is 4.98 Å². The van der Waals surface area contributed by atoms with Gasteiger partial charge in [0.15, 0.2) is 11.6 Å². The molecular weight excluding hydrogens is 791 g/mol. The maximum atomic E-state index is 5.16. The van der Waals surface area contributed by atoms with Crippen LogP contribution in [0.4, 0.5) is 0 Å². The van der Waals surface area contributed by atoms with Gasteiger partial charge in [0.25, 0.3) is 0 Å². The van der Waals surface area contributed by atoms with Crippen LogP contribution in [-0.4, -0.2) is 34.1 Å². The maximum absolute atomic E-state index is 5.16. The van der Waals surface area contributed by atoms with Crippen LogP contribution in [0, 0.1) is 0 Å². The number of para-hydroxylation sites is 2. The standard InChI is InChI=1S/C55H33N7S/c1-3-12-34(13-4-1)53-58-54(35-14-5-2-6-15-35)60-55(59-53)62-47-19-10-7-16-41(47)43-24-21-38(31-49(43)62)36-22-25-48-44(29-36)42-17-8-9-18-46(42)61(48)40-28-39(32-56-33-40)37-23-26-50-45(30-37)52-51(63-50)20-11-27-57-52/h1-33H. The SMILES string of the molecule is c1ccc(-c2nc(-c3ccccc3)nc(-n3c4ccccc4c4ccc(-c5ccc6c(c5)c5ccccc5n6-c5cncc(-c6ccc7sc8cccnc8c7c6)c5)cc43)n2)cc1. The van der Waals surface area contributed by atoms with Crippen LogP contribution >= 0.6 is 11.3 Å². The third kappa shape index (κ3) is 5.76. The molecule has 0 aliphatic carbocycles. The molecule has 63 heavy (non-hydrogen) atoms. The van der Waals surface area contributed by atoms with Gasteiger partial charge >= 0.3 is 0 Å². The second-order valence-corrected chi connectivity index (χ2v) is 16.9. The van der Waals surface area contributed by atoms with Crippen molar-refractivity contribution >= 4 is 75.3 Å². The van der Waals surface area contributed by atoms with E-state index in [1.807, 2.05) is 85.3 Å². The van der Waals surface area contributed by atoms with Crippen LogP contribution in [0.1, 0.15) is 0 Å². The van der Waals surface area contributed by atoms with Gasteiger partial charge in [-0.05, 0) is 77.4 Å². The zero-order chi connectivity index (χ0) is 41.4. The molecule has 0 saturated heterocycles. The Labute approximate surface area is 364 Å². The second-order valence-electron chi connectivity index (χ2n) is 15.8. The zero-order valence-corrected chi connectivity index (χ0v) is 34.4. The van der Waals surface area contributed by atoms with E-state index in [-0.39, 0.29) is 0 Å². The number of pyridine rings is 2. The van der Waals surface area contributed by atoms with E-state index in [9.17, 15) is 0 Å². The molecule has 6 heterocycles. The molecule has 0 aliphatic heterocycles. The van der Waals surface area contributed by atoms with E-state index >= 15 is 0 Å². The third-order valence-corrected chi connectivity index (χ3v) is 13.2. The molecule has 13 rings (SSSR count). The first-order valence-electron chi connectivity index (χ1n) is 20.9. The number of aromatic nitrogens is 7. The van der Waals surface area contributed by atoms with Gasteiger partial charge in [-0.1, -0.05) is 121 Å². The molecule has 7 nitrogen and oxygen atoms in total. The van der Waals surface area contributed by atoms with Crippen molar-refractivity contribution in [3.05, 3.63) is 201 Å². The Morgan fingerprint density at radius 2 is 0.968 bits per heavy atom. The molecule has 6 aromatic heterocycles. The number of rotatable bonds is 6. The van der Waals surface area contributed by atoms with Crippen molar-refractivity contribution in [2.45, 2.75) is 0 Å². The molecule has 13 aromatic rings. The van der Waals surface area contributed by atoms with E-state index in [0.717, 1.165) is 77.4 Å². The Balaban J connectivity index is 0.961. The van der Waals surface area contributed by atoms with Gasteiger partial charge in [0.05, 0.1) is 44.2 Å². The fourth-order valence-corrected chi connectivity index (χ4v) is 10.2. The Kier molecular flexibility index (Phi) is 7.94.